The molecule has 2 saturated heterocycles. The minimum Gasteiger partial charge on any atom is -0.355 e. The Labute approximate surface area is 177 Å². The van der Waals surface area contributed by atoms with Gasteiger partial charge in [-0.15, -0.1) is 11.3 Å². The van der Waals surface area contributed by atoms with Crippen LogP contribution in [-0.2, 0) is 0 Å². The number of fused-ring (bicyclic) bond motifs is 1. The van der Waals surface area contributed by atoms with Crippen LogP contribution in [-0.4, -0.2) is 72.1 Å². The number of nitrogens with zero attached hydrogens (tertiary/aromatic N) is 5. The lowest BCUT2D eigenvalue weighted by atomic mass is 10.0. The molecular weight excluding hydrogens is 378 g/mol. The van der Waals surface area contributed by atoms with Crippen molar-refractivity contribution in [3.63, 3.8) is 0 Å². The highest BCUT2D eigenvalue weighted by Crippen LogP contribution is 2.38. The van der Waals surface area contributed by atoms with E-state index in [2.05, 4.69) is 69.5 Å². The predicted octanol–water partition coefficient (Wildman–Crippen LogP) is 3.96. The minimum atomic E-state index is 0.510. The van der Waals surface area contributed by atoms with Crippen molar-refractivity contribution in [1.29, 1.82) is 0 Å². The molecule has 0 bridgehead atoms. The summed E-state index contributed by atoms with van der Waals surface area (Å²) in [5, 5.41) is 3.43. The largest absolute Gasteiger partial charge is 0.355 e. The number of benzene rings is 1. The molecule has 2 aliphatic rings. The topological polar surface area (TPSA) is 35.5 Å². The van der Waals surface area contributed by atoms with Crippen molar-refractivity contribution in [1.82, 2.24) is 19.8 Å². The smallest absolute Gasteiger partial charge is 0.141 e. The number of thiophene rings is 1. The van der Waals surface area contributed by atoms with Crippen molar-refractivity contribution >= 4 is 27.4 Å². The Bertz CT molecular complexity index is 964. The third-order valence-corrected chi connectivity index (χ3v) is 7.60. The quantitative estimate of drug-likeness (QED) is 0.654. The summed E-state index contributed by atoms with van der Waals surface area (Å²) in [6, 6.07) is 11.9. The molecule has 29 heavy (non-hydrogen) atoms. The molecule has 5 nitrogen and oxygen atoms in total. The molecule has 0 saturated carbocycles. The summed E-state index contributed by atoms with van der Waals surface area (Å²) >= 11 is 1.71. The Morgan fingerprint density at radius 2 is 1.83 bits per heavy atom. The highest BCUT2D eigenvalue weighted by atomic mass is 32.1. The van der Waals surface area contributed by atoms with Gasteiger partial charge < -0.3 is 9.80 Å². The first kappa shape index (κ1) is 19.0. The van der Waals surface area contributed by atoms with Gasteiger partial charge in [0, 0.05) is 43.2 Å². The molecule has 0 spiro atoms. The molecule has 0 radical (unpaired) electrons. The summed E-state index contributed by atoms with van der Waals surface area (Å²) in [6.07, 6.45) is 5.53. The maximum Gasteiger partial charge on any atom is 0.141 e. The van der Waals surface area contributed by atoms with Crippen molar-refractivity contribution in [2.45, 2.75) is 31.3 Å². The van der Waals surface area contributed by atoms with Gasteiger partial charge in [-0.05, 0) is 45.0 Å². The Morgan fingerprint density at radius 1 is 1.03 bits per heavy atom. The zero-order chi connectivity index (χ0) is 19.8. The zero-order valence-electron chi connectivity index (χ0n) is 17.3. The van der Waals surface area contributed by atoms with Crippen molar-refractivity contribution < 1.29 is 0 Å². The van der Waals surface area contributed by atoms with Gasteiger partial charge in [0.1, 0.15) is 17.0 Å². The molecule has 0 N–H and O–H groups in total. The SMILES string of the molecule is CN1CCC(N2CCC(N(C)c3ncnc4scc(-c5ccccc5)c34)C2)CC1. The van der Waals surface area contributed by atoms with Crippen molar-refractivity contribution in [3.8, 4) is 11.1 Å². The summed E-state index contributed by atoms with van der Waals surface area (Å²) in [5.74, 6) is 1.07. The van der Waals surface area contributed by atoms with Gasteiger partial charge in [0.05, 0.1) is 5.39 Å². The second-order valence-corrected chi connectivity index (χ2v) is 9.33. The fourth-order valence-electron chi connectivity index (χ4n) is 4.91. The van der Waals surface area contributed by atoms with E-state index in [0.717, 1.165) is 23.2 Å². The Kier molecular flexibility index (Phi) is 5.24. The maximum atomic E-state index is 4.75. The fraction of sp³-hybridized carbons (Fsp3) is 0.478. The van der Waals surface area contributed by atoms with Crippen LogP contribution >= 0.6 is 11.3 Å². The molecule has 1 atom stereocenters. The molecule has 152 valence electrons. The lowest BCUT2D eigenvalue weighted by Gasteiger charge is -2.35. The molecule has 2 aliphatic heterocycles. The van der Waals surface area contributed by atoms with E-state index in [1.807, 2.05) is 0 Å². The monoisotopic (exact) mass is 407 g/mol. The molecule has 4 heterocycles. The standard InChI is InChI=1S/C23H29N5S/c1-26-11-8-18(9-12-26)28-13-10-19(14-28)27(2)22-21-20(17-6-4-3-5-7-17)15-29-23(21)25-16-24-22/h3-7,15-16,18-19H,8-14H2,1-2H3. The second kappa shape index (κ2) is 8.01. The Hall–Kier alpha value is -2.02. The van der Waals surface area contributed by atoms with Crippen molar-refractivity contribution in [3.05, 3.63) is 42.0 Å². The second-order valence-electron chi connectivity index (χ2n) is 8.48. The number of hydrogen-bond donors (Lipinski definition) is 0. The minimum absolute atomic E-state index is 0.510. The summed E-state index contributed by atoms with van der Waals surface area (Å²) in [5.41, 5.74) is 2.49. The normalized spacial score (nSPS) is 21.8. The Morgan fingerprint density at radius 3 is 2.62 bits per heavy atom. The molecule has 2 aromatic heterocycles. The number of hydrogen-bond acceptors (Lipinski definition) is 6. The third kappa shape index (κ3) is 3.65. The molecule has 0 amide bonds. The first-order valence-electron chi connectivity index (χ1n) is 10.6. The van der Waals surface area contributed by atoms with E-state index in [4.69, 9.17) is 4.98 Å². The first-order valence-corrected chi connectivity index (χ1v) is 11.5. The van der Waals surface area contributed by atoms with Gasteiger partial charge in [-0.2, -0.15) is 0 Å². The number of piperidine rings is 1. The van der Waals surface area contributed by atoms with Crippen molar-refractivity contribution in [2.75, 3.05) is 45.2 Å². The molecule has 3 aromatic rings. The highest BCUT2D eigenvalue weighted by molar-refractivity contribution is 7.17. The van der Waals surface area contributed by atoms with E-state index in [-0.39, 0.29) is 0 Å². The predicted molar refractivity (Wildman–Crippen MR) is 122 cm³/mol. The Balaban J connectivity index is 1.40. The summed E-state index contributed by atoms with van der Waals surface area (Å²) in [4.78, 5) is 18.0. The lowest BCUT2D eigenvalue weighted by Crippen LogP contribution is -2.44. The van der Waals surface area contributed by atoms with Gasteiger partial charge in [-0.3, -0.25) is 4.90 Å². The van der Waals surface area contributed by atoms with Gasteiger partial charge >= 0.3 is 0 Å². The summed E-state index contributed by atoms with van der Waals surface area (Å²) in [6.45, 7) is 4.79. The molecule has 1 aromatic carbocycles. The zero-order valence-corrected chi connectivity index (χ0v) is 18.1. The molecule has 1 unspecified atom stereocenters. The molecule has 6 heteroatoms. The number of rotatable bonds is 4. The van der Waals surface area contributed by atoms with E-state index < -0.39 is 0 Å². The van der Waals surface area contributed by atoms with Crippen molar-refractivity contribution in [2.24, 2.45) is 0 Å². The van der Waals surface area contributed by atoms with E-state index in [0.29, 0.717) is 6.04 Å². The van der Waals surface area contributed by atoms with Gasteiger partial charge in [0.15, 0.2) is 0 Å². The van der Waals surface area contributed by atoms with Gasteiger partial charge in [0.25, 0.3) is 0 Å². The van der Waals surface area contributed by atoms with Gasteiger partial charge in [-0.1, -0.05) is 30.3 Å². The van der Waals surface area contributed by atoms with Crippen LogP contribution in [0, 0.1) is 0 Å². The summed E-state index contributed by atoms with van der Waals surface area (Å²) in [7, 11) is 4.46. The number of aromatic nitrogens is 2. The lowest BCUT2D eigenvalue weighted by molar-refractivity contribution is 0.142. The third-order valence-electron chi connectivity index (χ3n) is 6.72. The van der Waals surface area contributed by atoms with Crippen LogP contribution in [0.2, 0.25) is 0 Å². The number of likely N-dealkylation sites (N-methyl/N-ethyl adjacent to an activating group) is 1. The van der Waals surface area contributed by atoms with Crippen LogP contribution in [0.5, 0.6) is 0 Å². The van der Waals surface area contributed by atoms with Crippen LogP contribution in [0.4, 0.5) is 5.82 Å². The fourth-order valence-corrected chi connectivity index (χ4v) is 5.82. The van der Waals surface area contributed by atoms with Crippen LogP contribution < -0.4 is 4.90 Å². The number of anilines is 1. The average Bonchev–Trinajstić information content (AvgIpc) is 3.42. The van der Waals surface area contributed by atoms with Crippen LogP contribution in [0.3, 0.4) is 0 Å². The van der Waals surface area contributed by atoms with E-state index >= 15 is 0 Å². The van der Waals surface area contributed by atoms with Crippen LogP contribution in [0.1, 0.15) is 19.3 Å². The van der Waals surface area contributed by atoms with E-state index in [1.165, 1.54) is 55.4 Å². The van der Waals surface area contributed by atoms with Gasteiger partial charge in [0.2, 0.25) is 0 Å². The maximum absolute atomic E-state index is 4.75. The highest BCUT2D eigenvalue weighted by Gasteiger charge is 2.33. The van der Waals surface area contributed by atoms with Gasteiger partial charge in [-0.25, -0.2) is 9.97 Å². The molecule has 2 fully saturated rings. The van der Waals surface area contributed by atoms with Crippen LogP contribution in [0.15, 0.2) is 42.0 Å². The summed E-state index contributed by atoms with van der Waals surface area (Å²) < 4.78 is 0. The molecule has 0 aliphatic carbocycles. The molecular formula is C23H29N5S. The van der Waals surface area contributed by atoms with Crippen LogP contribution in [0.25, 0.3) is 21.3 Å². The first-order chi connectivity index (χ1) is 14.2. The van der Waals surface area contributed by atoms with E-state index in [9.17, 15) is 0 Å². The molecule has 5 rings (SSSR count). The average molecular weight is 408 g/mol. The van der Waals surface area contributed by atoms with E-state index in [1.54, 1.807) is 17.7 Å². The number of likely N-dealkylation sites (tertiary alicyclic amines) is 2.